The fraction of sp³-hybridized carbons (Fsp3) is 0.714. The van der Waals surface area contributed by atoms with Crippen LogP contribution in [0.4, 0.5) is 5.82 Å². The molecule has 2 unspecified atom stereocenters. The maximum atomic E-state index is 10.7. The van der Waals surface area contributed by atoms with E-state index in [1.807, 2.05) is 13.0 Å². The van der Waals surface area contributed by atoms with Gasteiger partial charge in [-0.25, -0.2) is 9.97 Å². The summed E-state index contributed by atoms with van der Waals surface area (Å²) in [5, 5.41) is 10.7. The number of fused-ring (bicyclic) bond motifs is 1. The molecule has 1 saturated carbocycles. The molecule has 0 aromatic carbocycles. The quantitative estimate of drug-likeness (QED) is 0.806. The molecular formula is C14H20BrN3O. The first-order valence-corrected chi connectivity index (χ1v) is 7.85. The lowest BCUT2D eigenvalue weighted by Crippen LogP contribution is -2.53. The Hall–Kier alpha value is -0.680. The van der Waals surface area contributed by atoms with Crippen molar-refractivity contribution in [3.05, 3.63) is 16.5 Å². The largest absolute Gasteiger partial charge is 0.389 e. The number of piperidine rings is 1. The summed E-state index contributed by atoms with van der Waals surface area (Å²) in [4.78, 5) is 11.1. The minimum Gasteiger partial charge on any atom is -0.389 e. The first-order valence-electron chi connectivity index (χ1n) is 7.05. The summed E-state index contributed by atoms with van der Waals surface area (Å²) in [6.45, 7) is 3.71. The Morgan fingerprint density at radius 2 is 2.21 bits per heavy atom. The third kappa shape index (κ3) is 2.63. The number of hydrogen-bond acceptors (Lipinski definition) is 4. The van der Waals surface area contributed by atoms with Crippen LogP contribution in [0.25, 0.3) is 0 Å². The highest BCUT2D eigenvalue weighted by Crippen LogP contribution is 2.40. The lowest BCUT2D eigenvalue weighted by atomic mass is 9.71. The van der Waals surface area contributed by atoms with Crippen molar-refractivity contribution >= 4 is 21.7 Å². The molecule has 5 heteroatoms. The molecule has 1 aliphatic heterocycles. The molecule has 1 N–H and O–H groups in total. The van der Waals surface area contributed by atoms with Gasteiger partial charge in [0.05, 0.1) is 5.60 Å². The maximum absolute atomic E-state index is 10.7. The average molecular weight is 326 g/mol. The third-order valence-corrected chi connectivity index (χ3v) is 4.95. The van der Waals surface area contributed by atoms with Crippen molar-refractivity contribution in [3.63, 3.8) is 0 Å². The van der Waals surface area contributed by atoms with Gasteiger partial charge in [0.25, 0.3) is 0 Å². The SMILES string of the molecule is Cc1nc(Br)cc(N2CCC3(O)CCCCC3C2)n1. The van der Waals surface area contributed by atoms with E-state index < -0.39 is 5.60 Å². The van der Waals surface area contributed by atoms with Crippen LogP contribution in [0, 0.1) is 12.8 Å². The van der Waals surface area contributed by atoms with Crippen molar-refractivity contribution in [2.45, 2.75) is 44.6 Å². The van der Waals surface area contributed by atoms with Gasteiger partial charge in [0.15, 0.2) is 0 Å². The Morgan fingerprint density at radius 3 is 3.00 bits per heavy atom. The zero-order chi connectivity index (χ0) is 13.5. The predicted octanol–water partition coefficient (Wildman–Crippen LogP) is 2.68. The highest BCUT2D eigenvalue weighted by molar-refractivity contribution is 9.10. The number of aliphatic hydroxyl groups is 1. The Morgan fingerprint density at radius 1 is 1.37 bits per heavy atom. The van der Waals surface area contributed by atoms with Crippen LogP contribution in [0.2, 0.25) is 0 Å². The molecule has 104 valence electrons. The van der Waals surface area contributed by atoms with E-state index in [9.17, 15) is 5.11 Å². The molecule has 1 aliphatic carbocycles. The predicted molar refractivity (Wildman–Crippen MR) is 78.2 cm³/mol. The average Bonchev–Trinajstić information content (AvgIpc) is 2.36. The van der Waals surface area contributed by atoms with Crippen molar-refractivity contribution in [1.82, 2.24) is 9.97 Å². The Labute approximate surface area is 122 Å². The van der Waals surface area contributed by atoms with Crippen LogP contribution in [-0.4, -0.2) is 33.8 Å². The minimum atomic E-state index is -0.423. The van der Waals surface area contributed by atoms with Crippen LogP contribution in [0.5, 0.6) is 0 Å². The molecule has 2 heterocycles. The Kier molecular flexibility index (Phi) is 3.52. The maximum Gasteiger partial charge on any atom is 0.133 e. The topological polar surface area (TPSA) is 49.2 Å². The number of rotatable bonds is 1. The summed E-state index contributed by atoms with van der Waals surface area (Å²) in [6.07, 6.45) is 5.38. The first-order chi connectivity index (χ1) is 9.07. The number of aromatic nitrogens is 2. The number of aryl methyl sites for hydroxylation is 1. The normalized spacial score (nSPS) is 31.1. The second-order valence-electron chi connectivity index (χ2n) is 5.84. The van der Waals surface area contributed by atoms with Crippen LogP contribution >= 0.6 is 15.9 Å². The van der Waals surface area contributed by atoms with E-state index in [0.717, 1.165) is 48.6 Å². The molecule has 1 saturated heterocycles. The summed E-state index contributed by atoms with van der Waals surface area (Å²) in [7, 11) is 0. The van der Waals surface area contributed by atoms with Gasteiger partial charge in [-0.2, -0.15) is 0 Å². The molecule has 3 rings (SSSR count). The molecule has 0 spiro atoms. The van der Waals surface area contributed by atoms with Gasteiger partial charge in [-0.05, 0) is 42.1 Å². The molecule has 4 nitrogen and oxygen atoms in total. The van der Waals surface area contributed by atoms with E-state index in [1.54, 1.807) is 0 Å². The van der Waals surface area contributed by atoms with Crippen molar-refractivity contribution in [3.8, 4) is 0 Å². The molecule has 2 fully saturated rings. The Balaban J connectivity index is 1.80. The fourth-order valence-electron chi connectivity index (χ4n) is 3.46. The number of anilines is 1. The molecule has 1 aromatic rings. The van der Waals surface area contributed by atoms with E-state index in [-0.39, 0.29) is 0 Å². The van der Waals surface area contributed by atoms with Crippen molar-refractivity contribution < 1.29 is 5.11 Å². The molecule has 2 atom stereocenters. The molecule has 1 aromatic heterocycles. The van der Waals surface area contributed by atoms with E-state index in [1.165, 1.54) is 12.8 Å². The zero-order valence-corrected chi connectivity index (χ0v) is 12.9. The van der Waals surface area contributed by atoms with Gasteiger partial charge in [0, 0.05) is 25.1 Å². The molecule has 19 heavy (non-hydrogen) atoms. The summed E-state index contributed by atoms with van der Waals surface area (Å²) >= 11 is 3.43. The highest BCUT2D eigenvalue weighted by atomic mass is 79.9. The van der Waals surface area contributed by atoms with E-state index in [4.69, 9.17) is 0 Å². The van der Waals surface area contributed by atoms with E-state index >= 15 is 0 Å². The van der Waals surface area contributed by atoms with Gasteiger partial charge in [-0.3, -0.25) is 0 Å². The van der Waals surface area contributed by atoms with E-state index in [2.05, 4.69) is 30.8 Å². The van der Waals surface area contributed by atoms with Crippen LogP contribution in [0.1, 0.15) is 37.9 Å². The molecule has 0 bridgehead atoms. The standard InChI is InChI=1S/C14H20BrN3O/c1-10-16-12(15)8-13(17-10)18-7-6-14(19)5-3-2-4-11(14)9-18/h8,11,19H,2-7,9H2,1H3. The van der Waals surface area contributed by atoms with Crippen molar-refractivity contribution in [2.24, 2.45) is 5.92 Å². The monoisotopic (exact) mass is 325 g/mol. The van der Waals surface area contributed by atoms with Gasteiger partial charge in [-0.15, -0.1) is 0 Å². The summed E-state index contributed by atoms with van der Waals surface area (Å²) in [6, 6.07) is 1.97. The molecule has 0 radical (unpaired) electrons. The van der Waals surface area contributed by atoms with Gasteiger partial charge >= 0.3 is 0 Å². The summed E-state index contributed by atoms with van der Waals surface area (Å²) in [5.41, 5.74) is -0.423. The van der Waals surface area contributed by atoms with Gasteiger partial charge in [-0.1, -0.05) is 12.8 Å². The van der Waals surface area contributed by atoms with Gasteiger partial charge in [0.1, 0.15) is 16.2 Å². The number of hydrogen-bond donors (Lipinski definition) is 1. The molecular weight excluding hydrogens is 306 g/mol. The van der Waals surface area contributed by atoms with Gasteiger partial charge < -0.3 is 10.0 Å². The van der Waals surface area contributed by atoms with Crippen LogP contribution in [-0.2, 0) is 0 Å². The highest BCUT2D eigenvalue weighted by Gasteiger charge is 2.43. The summed E-state index contributed by atoms with van der Waals surface area (Å²) in [5.74, 6) is 2.16. The smallest absolute Gasteiger partial charge is 0.133 e. The van der Waals surface area contributed by atoms with Crippen molar-refractivity contribution in [2.75, 3.05) is 18.0 Å². The number of halogens is 1. The fourth-order valence-corrected chi connectivity index (χ4v) is 3.92. The van der Waals surface area contributed by atoms with Crippen molar-refractivity contribution in [1.29, 1.82) is 0 Å². The van der Waals surface area contributed by atoms with Crippen LogP contribution < -0.4 is 4.90 Å². The minimum absolute atomic E-state index is 0.393. The van der Waals surface area contributed by atoms with Crippen LogP contribution in [0.3, 0.4) is 0 Å². The first kappa shape index (κ1) is 13.3. The number of nitrogens with zero attached hydrogens (tertiary/aromatic N) is 3. The second kappa shape index (κ2) is 5.02. The second-order valence-corrected chi connectivity index (χ2v) is 6.65. The lowest BCUT2D eigenvalue weighted by Gasteiger charge is -2.47. The summed E-state index contributed by atoms with van der Waals surface area (Å²) < 4.78 is 0.833. The zero-order valence-electron chi connectivity index (χ0n) is 11.3. The molecule has 0 amide bonds. The lowest BCUT2D eigenvalue weighted by molar-refractivity contribution is -0.0613. The van der Waals surface area contributed by atoms with E-state index in [0.29, 0.717) is 5.92 Å². The third-order valence-electron chi connectivity index (χ3n) is 4.54. The van der Waals surface area contributed by atoms with Crippen LogP contribution in [0.15, 0.2) is 10.7 Å². The molecule has 2 aliphatic rings. The Bertz CT molecular complexity index is 462. The van der Waals surface area contributed by atoms with Gasteiger partial charge in [0.2, 0.25) is 0 Å².